The molecule has 92 valence electrons. The SMILES string of the molecule is NC(=O)c1ccn(CCc2ccccc2)c(=O)c1. The van der Waals surface area contributed by atoms with Gasteiger partial charge in [0, 0.05) is 24.4 Å². The molecule has 0 saturated heterocycles. The number of nitrogens with zero attached hydrogens (tertiary/aromatic N) is 1. The second kappa shape index (κ2) is 5.31. The third-order valence-corrected chi connectivity index (χ3v) is 2.76. The van der Waals surface area contributed by atoms with Crippen LogP contribution in [0.15, 0.2) is 53.5 Å². The Labute approximate surface area is 105 Å². The molecular formula is C14H14N2O2. The van der Waals surface area contributed by atoms with E-state index >= 15 is 0 Å². The van der Waals surface area contributed by atoms with Gasteiger partial charge in [0.25, 0.3) is 5.56 Å². The van der Waals surface area contributed by atoms with E-state index in [1.54, 1.807) is 16.8 Å². The average Bonchev–Trinajstić information content (AvgIpc) is 2.38. The number of rotatable bonds is 4. The van der Waals surface area contributed by atoms with Crippen molar-refractivity contribution in [2.45, 2.75) is 13.0 Å². The second-order valence-electron chi connectivity index (χ2n) is 4.05. The van der Waals surface area contributed by atoms with Gasteiger partial charge < -0.3 is 10.3 Å². The van der Waals surface area contributed by atoms with Gasteiger partial charge in [0.1, 0.15) is 0 Å². The molecule has 1 aromatic heterocycles. The fourth-order valence-electron chi connectivity index (χ4n) is 1.74. The summed E-state index contributed by atoms with van der Waals surface area (Å²) in [6.45, 7) is 0.585. The van der Waals surface area contributed by atoms with E-state index in [0.717, 1.165) is 6.42 Å². The maximum atomic E-state index is 11.7. The van der Waals surface area contributed by atoms with Crippen LogP contribution < -0.4 is 11.3 Å². The molecule has 0 spiro atoms. The molecular weight excluding hydrogens is 228 g/mol. The molecule has 0 saturated carbocycles. The van der Waals surface area contributed by atoms with Crippen molar-refractivity contribution >= 4 is 5.91 Å². The van der Waals surface area contributed by atoms with Gasteiger partial charge in [0.05, 0.1) is 0 Å². The lowest BCUT2D eigenvalue weighted by molar-refractivity contribution is 0.1000. The van der Waals surface area contributed by atoms with E-state index in [1.807, 2.05) is 30.3 Å². The molecule has 1 heterocycles. The Bertz CT molecular complexity index is 603. The zero-order valence-electron chi connectivity index (χ0n) is 9.87. The van der Waals surface area contributed by atoms with Crippen molar-refractivity contribution in [2.24, 2.45) is 5.73 Å². The van der Waals surface area contributed by atoms with Crippen LogP contribution in [0.3, 0.4) is 0 Å². The van der Waals surface area contributed by atoms with Crippen LogP contribution in [0.2, 0.25) is 0 Å². The summed E-state index contributed by atoms with van der Waals surface area (Å²) in [4.78, 5) is 22.6. The smallest absolute Gasteiger partial charge is 0.251 e. The van der Waals surface area contributed by atoms with Gasteiger partial charge in [-0.05, 0) is 18.1 Å². The van der Waals surface area contributed by atoms with Crippen LogP contribution in [0.1, 0.15) is 15.9 Å². The van der Waals surface area contributed by atoms with Crippen molar-refractivity contribution in [3.8, 4) is 0 Å². The fourth-order valence-corrected chi connectivity index (χ4v) is 1.74. The highest BCUT2D eigenvalue weighted by Crippen LogP contribution is 2.01. The maximum absolute atomic E-state index is 11.7. The van der Waals surface area contributed by atoms with Crippen molar-refractivity contribution in [3.05, 3.63) is 70.1 Å². The Kier molecular flexibility index (Phi) is 3.57. The number of primary amides is 1. The number of hydrogen-bond donors (Lipinski definition) is 1. The van der Waals surface area contributed by atoms with Gasteiger partial charge in [-0.3, -0.25) is 9.59 Å². The molecule has 0 aliphatic rings. The number of hydrogen-bond acceptors (Lipinski definition) is 2. The molecule has 4 nitrogen and oxygen atoms in total. The third-order valence-electron chi connectivity index (χ3n) is 2.76. The molecule has 2 N–H and O–H groups in total. The monoisotopic (exact) mass is 242 g/mol. The minimum absolute atomic E-state index is 0.206. The summed E-state index contributed by atoms with van der Waals surface area (Å²) >= 11 is 0. The fraction of sp³-hybridized carbons (Fsp3) is 0.143. The van der Waals surface area contributed by atoms with Crippen LogP contribution in [0, 0.1) is 0 Å². The molecule has 0 radical (unpaired) electrons. The van der Waals surface area contributed by atoms with Gasteiger partial charge in [-0.15, -0.1) is 0 Å². The van der Waals surface area contributed by atoms with Crippen LogP contribution in [0.25, 0.3) is 0 Å². The third kappa shape index (κ3) is 2.85. The lowest BCUT2D eigenvalue weighted by Gasteiger charge is -2.06. The Morgan fingerprint density at radius 3 is 2.50 bits per heavy atom. The Morgan fingerprint density at radius 1 is 1.17 bits per heavy atom. The van der Waals surface area contributed by atoms with Gasteiger partial charge in [0.15, 0.2) is 0 Å². The van der Waals surface area contributed by atoms with Gasteiger partial charge in [-0.1, -0.05) is 30.3 Å². The quantitative estimate of drug-likeness (QED) is 0.875. The number of pyridine rings is 1. The molecule has 0 bridgehead atoms. The molecule has 2 rings (SSSR count). The molecule has 1 amide bonds. The minimum atomic E-state index is -0.581. The van der Waals surface area contributed by atoms with Gasteiger partial charge in [-0.2, -0.15) is 0 Å². The first kappa shape index (κ1) is 12.1. The minimum Gasteiger partial charge on any atom is -0.366 e. The Hall–Kier alpha value is -2.36. The molecule has 0 aliphatic heterocycles. The predicted molar refractivity (Wildman–Crippen MR) is 69.4 cm³/mol. The van der Waals surface area contributed by atoms with Crippen LogP contribution in [0.4, 0.5) is 0 Å². The largest absolute Gasteiger partial charge is 0.366 e. The van der Waals surface area contributed by atoms with Gasteiger partial charge in [-0.25, -0.2) is 0 Å². The zero-order chi connectivity index (χ0) is 13.0. The zero-order valence-corrected chi connectivity index (χ0v) is 9.87. The average molecular weight is 242 g/mol. The van der Waals surface area contributed by atoms with E-state index in [-0.39, 0.29) is 11.1 Å². The molecule has 0 aliphatic carbocycles. The van der Waals surface area contributed by atoms with E-state index in [9.17, 15) is 9.59 Å². The highest BCUT2D eigenvalue weighted by Gasteiger charge is 2.03. The lowest BCUT2D eigenvalue weighted by atomic mass is 10.1. The van der Waals surface area contributed by atoms with Gasteiger partial charge in [0.2, 0.25) is 5.91 Å². The number of aromatic nitrogens is 1. The van der Waals surface area contributed by atoms with Crippen LogP contribution >= 0.6 is 0 Å². The van der Waals surface area contributed by atoms with Crippen molar-refractivity contribution in [1.29, 1.82) is 0 Å². The summed E-state index contributed by atoms with van der Waals surface area (Å²) in [5, 5.41) is 0. The number of benzene rings is 1. The lowest BCUT2D eigenvalue weighted by Crippen LogP contribution is -2.23. The predicted octanol–water partition coefficient (Wildman–Crippen LogP) is 1.19. The van der Waals surface area contributed by atoms with E-state index < -0.39 is 5.91 Å². The Balaban J connectivity index is 2.11. The first-order valence-corrected chi connectivity index (χ1v) is 5.71. The van der Waals surface area contributed by atoms with E-state index in [0.29, 0.717) is 6.54 Å². The van der Waals surface area contributed by atoms with Crippen molar-refractivity contribution in [1.82, 2.24) is 4.57 Å². The summed E-state index contributed by atoms with van der Waals surface area (Å²) in [6, 6.07) is 12.8. The van der Waals surface area contributed by atoms with Crippen molar-refractivity contribution < 1.29 is 4.79 Å². The summed E-state index contributed by atoms with van der Waals surface area (Å²) in [5.74, 6) is -0.581. The van der Waals surface area contributed by atoms with E-state index in [2.05, 4.69) is 0 Å². The molecule has 2 aromatic rings. The van der Waals surface area contributed by atoms with Crippen molar-refractivity contribution in [3.63, 3.8) is 0 Å². The molecule has 0 unspecified atom stereocenters. The highest BCUT2D eigenvalue weighted by molar-refractivity contribution is 5.92. The van der Waals surface area contributed by atoms with Gasteiger partial charge >= 0.3 is 0 Å². The number of nitrogens with two attached hydrogens (primary N) is 1. The second-order valence-corrected chi connectivity index (χ2v) is 4.05. The highest BCUT2D eigenvalue weighted by atomic mass is 16.1. The molecule has 18 heavy (non-hydrogen) atoms. The van der Waals surface area contributed by atoms with Crippen LogP contribution in [-0.4, -0.2) is 10.5 Å². The standard InChI is InChI=1S/C14H14N2O2/c15-14(18)12-7-9-16(13(17)10-12)8-6-11-4-2-1-3-5-11/h1-5,7,9-10H,6,8H2,(H2,15,18). The summed E-state index contributed by atoms with van der Waals surface area (Å²) < 4.78 is 1.57. The normalized spacial score (nSPS) is 10.2. The number of amides is 1. The van der Waals surface area contributed by atoms with E-state index in [1.165, 1.54) is 11.6 Å². The maximum Gasteiger partial charge on any atom is 0.251 e. The van der Waals surface area contributed by atoms with E-state index in [4.69, 9.17) is 5.73 Å². The molecule has 1 aromatic carbocycles. The molecule has 0 atom stereocenters. The summed E-state index contributed by atoms with van der Waals surface area (Å²) in [6.07, 6.45) is 2.38. The number of carbonyl (C=O) groups excluding carboxylic acids is 1. The first-order chi connectivity index (χ1) is 8.66. The number of aryl methyl sites for hydroxylation is 2. The van der Waals surface area contributed by atoms with Crippen LogP contribution in [-0.2, 0) is 13.0 Å². The van der Waals surface area contributed by atoms with Crippen LogP contribution in [0.5, 0.6) is 0 Å². The molecule has 0 fully saturated rings. The molecule has 4 heteroatoms. The Morgan fingerprint density at radius 2 is 1.89 bits per heavy atom. The first-order valence-electron chi connectivity index (χ1n) is 5.71. The summed E-state index contributed by atoms with van der Waals surface area (Å²) in [5.41, 5.74) is 6.32. The number of carbonyl (C=O) groups is 1. The topological polar surface area (TPSA) is 65.1 Å². The van der Waals surface area contributed by atoms with Crippen molar-refractivity contribution in [2.75, 3.05) is 0 Å². The summed E-state index contributed by atoms with van der Waals surface area (Å²) in [7, 11) is 0.